The minimum absolute atomic E-state index is 0. The third kappa shape index (κ3) is 3.45. The van der Waals surface area contributed by atoms with Crippen LogP contribution in [0.25, 0.3) is 38.6 Å². The smallest absolute Gasteiger partial charge is 0.219 e. The molecule has 0 aliphatic rings. The first-order valence-electron chi connectivity index (χ1n) is 10.6. The average molecular weight is 468 g/mol. The van der Waals surface area contributed by atoms with E-state index in [1.807, 2.05) is 0 Å². The third-order valence-electron chi connectivity index (χ3n) is 6.10. The van der Waals surface area contributed by atoms with Crippen molar-refractivity contribution in [2.75, 3.05) is 0 Å². The Kier molecular flexibility index (Phi) is 5.68. The van der Waals surface area contributed by atoms with Crippen LogP contribution in [0.1, 0.15) is 22.3 Å². The van der Waals surface area contributed by atoms with Gasteiger partial charge in [0.2, 0.25) is 16.7 Å². The summed E-state index contributed by atoms with van der Waals surface area (Å²) in [6, 6.07) is 30.8. The van der Waals surface area contributed by atoms with Gasteiger partial charge in [-0.25, -0.2) is 0 Å². The van der Waals surface area contributed by atoms with Crippen molar-refractivity contribution in [3.05, 3.63) is 107 Å². The molecular formula is C29H26BrN. The van der Waals surface area contributed by atoms with E-state index in [0.29, 0.717) is 0 Å². The van der Waals surface area contributed by atoms with E-state index in [1.54, 1.807) is 0 Å². The zero-order valence-electron chi connectivity index (χ0n) is 18.4. The van der Waals surface area contributed by atoms with Gasteiger partial charge in [0.15, 0.2) is 0 Å². The van der Waals surface area contributed by atoms with Gasteiger partial charge in [-0.15, -0.1) is 0 Å². The quantitative estimate of drug-likeness (QED) is 0.271. The number of hydrogen-bond acceptors (Lipinski definition) is 0. The molecule has 0 spiro atoms. The Labute approximate surface area is 194 Å². The van der Waals surface area contributed by atoms with Crippen LogP contribution in [0.4, 0.5) is 0 Å². The molecule has 1 aromatic heterocycles. The van der Waals surface area contributed by atoms with Crippen LogP contribution >= 0.6 is 0 Å². The Balaban J connectivity index is 0.00000231. The van der Waals surface area contributed by atoms with Gasteiger partial charge in [0.05, 0.1) is 10.8 Å². The lowest BCUT2D eigenvalue weighted by molar-refractivity contribution is -0.537. The summed E-state index contributed by atoms with van der Waals surface area (Å²) in [4.78, 5) is 0. The molecule has 4 aromatic carbocycles. The number of halogens is 1. The maximum atomic E-state index is 2.40. The number of pyridine rings is 1. The predicted molar refractivity (Wildman–Crippen MR) is 127 cm³/mol. The van der Waals surface area contributed by atoms with E-state index >= 15 is 0 Å². The highest BCUT2D eigenvalue weighted by atomic mass is 79.9. The van der Waals surface area contributed by atoms with Gasteiger partial charge in [-0.2, -0.15) is 4.57 Å². The number of aromatic nitrogens is 1. The lowest BCUT2D eigenvalue weighted by Crippen LogP contribution is -3.00. The minimum atomic E-state index is 0. The average Bonchev–Trinajstić information content (AvgIpc) is 2.73. The van der Waals surface area contributed by atoms with Gasteiger partial charge in [0.1, 0.15) is 0 Å². The third-order valence-corrected chi connectivity index (χ3v) is 6.10. The molecule has 154 valence electrons. The Morgan fingerprint density at radius 1 is 0.548 bits per heavy atom. The molecule has 31 heavy (non-hydrogen) atoms. The molecule has 5 aromatic rings. The largest absolute Gasteiger partial charge is 1.00 e. The van der Waals surface area contributed by atoms with E-state index in [4.69, 9.17) is 0 Å². The number of aryl methyl sites for hydroxylation is 4. The molecule has 1 heterocycles. The van der Waals surface area contributed by atoms with Crippen molar-refractivity contribution in [1.29, 1.82) is 0 Å². The Bertz CT molecular complexity index is 1390. The maximum absolute atomic E-state index is 2.40. The van der Waals surface area contributed by atoms with Crippen LogP contribution in [0.3, 0.4) is 0 Å². The summed E-state index contributed by atoms with van der Waals surface area (Å²) in [5.41, 5.74) is 11.7. The first-order valence-corrected chi connectivity index (χ1v) is 10.6. The Hall–Kier alpha value is -2.97. The van der Waals surface area contributed by atoms with Crippen LogP contribution < -0.4 is 21.5 Å². The van der Waals surface area contributed by atoms with Crippen molar-refractivity contribution in [2.45, 2.75) is 27.7 Å². The summed E-state index contributed by atoms with van der Waals surface area (Å²) in [7, 11) is 0. The van der Waals surface area contributed by atoms with Crippen molar-refractivity contribution < 1.29 is 21.5 Å². The van der Waals surface area contributed by atoms with E-state index in [2.05, 4.69) is 117 Å². The second-order valence-corrected chi connectivity index (χ2v) is 8.31. The monoisotopic (exact) mass is 467 g/mol. The summed E-state index contributed by atoms with van der Waals surface area (Å²) in [6.45, 7) is 8.90. The van der Waals surface area contributed by atoms with Crippen LogP contribution in [-0.2, 0) is 0 Å². The van der Waals surface area contributed by atoms with Crippen LogP contribution in [0.5, 0.6) is 0 Å². The fraction of sp³-hybridized carbons (Fsp3) is 0.138. The van der Waals surface area contributed by atoms with Crippen molar-refractivity contribution in [3.8, 4) is 16.8 Å². The SMILES string of the molecule is Cc1cc(C)c(-c2c3ccccc3[n+](-c3ccccc3)c3cccc(C)c23)c(C)c1.[Br-]. The zero-order valence-corrected chi connectivity index (χ0v) is 20.0. The number of rotatable bonds is 2. The van der Waals surface area contributed by atoms with Gasteiger partial charge in [-0.3, -0.25) is 0 Å². The van der Waals surface area contributed by atoms with Gasteiger partial charge < -0.3 is 17.0 Å². The van der Waals surface area contributed by atoms with Crippen LogP contribution in [0.15, 0.2) is 84.9 Å². The van der Waals surface area contributed by atoms with E-state index in [1.165, 1.54) is 60.9 Å². The normalized spacial score (nSPS) is 11.0. The van der Waals surface area contributed by atoms with Gasteiger partial charge in [0.25, 0.3) is 0 Å². The Morgan fingerprint density at radius 2 is 1.16 bits per heavy atom. The molecule has 0 radical (unpaired) electrons. The standard InChI is InChI=1S/C29H26N.BrH/c1-19-17-21(3)27(22(4)18-19)29-24-14-8-9-15-25(24)30(23-12-6-5-7-13-23)26-16-10-11-20(2)28(26)29;/h5-18H,1-4H3;1H/q+1;/p-1. The van der Waals surface area contributed by atoms with Crippen molar-refractivity contribution in [2.24, 2.45) is 0 Å². The van der Waals surface area contributed by atoms with E-state index in [-0.39, 0.29) is 17.0 Å². The molecule has 1 nitrogen and oxygen atoms in total. The van der Waals surface area contributed by atoms with E-state index in [9.17, 15) is 0 Å². The molecular weight excluding hydrogens is 442 g/mol. The summed E-state index contributed by atoms with van der Waals surface area (Å²) in [6.07, 6.45) is 0. The van der Waals surface area contributed by atoms with Crippen molar-refractivity contribution in [1.82, 2.24) is 0 Å². The van der Waals surface area contributed by atoms with E-state index < -0.39 is 0 Å². The lowest BCUT2D eigenvalue weighted by Gasteiger charge is -2.17. The summed E-state index contributed by atoms with van der Waals surface area (Å²) in [5.74, 6) is 0. The predicted octanol–water partition coefficient (Wildman–Crippen LogP) is 4.17. The molecule has 0 atom stereocenters. The molecule has 5 rings (SSSR count). The molecule has 0 saturated heterocycles. The molecule has 0 aliphatic heterocycles. The van der Waals surface area contributed by atoms with Crippen molar-refractivity contribution >= 4 is 21.8 Å². The molecule has 0 aliphatic carbocycles. The molecule has 0 unspecified atom stereocenters. The number of hydrogen-bond donors (Lipinski definition) is 0. The fourth-order valence-electron chi connectivity index (χ4n) is 5.00. The summed E-state index contributed by atoms with van der Waals surface area (Å²) >= 11 is 0. The maximum Gasteiger partial charge on any atom is 0.219 e. The number of nitrogens with zero attached hydrogens (tertiary/aromatic N) is 1. The second kappa shape index (κ2) is 8.28. The van der Waals surface area contributed by atoms with E-state index in [0.717, 1.165) is 0 Å². The molecule has 0 bridgehead atoms. The summed E-state index contributed by atoms with van der Waals surface area (Å²) < 4.78 is 2.40. The first kappa shape index (κ1) is 21.3. The highest BCUT2D eigenvalue weighted by Gasteiger charge is 2.25. The fourth-order valence-corrected chi connectivity index (χ4v) is 5.00. The number of benzene rings is 4. The topological polar surface area (TPSA) is 3.88 Å². The molecule has 0 amide bonds. The van der Waals surface area contributed by atoms with Crippen molar-refractivity contribution in [3.63, 3.8) is 0 Å². The lowest BCUT2D eigenvalue weighted by atomic mass is 9.87. The van der Waals surface area contributed by atoms with Gasteiger partial charge in [-0.1, -0.05) is 60.2 Å². The Morgan fingerprint density at radius 3 is 1.87 bits per heavy atom. The highest BCUT2D eigenvalue weighted by molar-refractivity contribution is 6.09. The molecule has 0 fully saturated rings. The first-order chi connectivity index (χ1) is 14.6. The summed E-state index contributed by atoms with van der Waals surface area (Å²) in [5, 5.41) is 2.62. The highest BCUT2D eigenvalue weighted by Crippen LogP contribution is 2.39. The second-order valence-electron chi connectivity index (χ2n) is 8.31. The molecule has 0 saturated carbocycles. The molecule has 2 heteroatoms. The van der Waals surface area contributed by atoms with Gasteiger partial charge in [0, 0.05) is 29.8 Å². The van der Waals surface area contributed by atoms with Crippen LogP contribution in [-0.4, -0.2) is 0 Å². The molecule has 0 N–H and O–H groups in total. The van der Waals surface area contributed by atoms with Gasteiger partial charge >= 0.3 is 0 Å². The number of fused-ring (bicyclic) bond motifs is 2. The number of para-hydroxylation sites is 2. The van der Waals surface area contributed by atoms with Crippen LogP contribution in [0.2, 0.25) is 0 Å². The zero-order chi connectivity index (χ0) is 20.8. The minimum Gasteiger partial charge on any atom is -1.00 e. The van der Waals surface area contributed by atoms with Crippen LogP contribution in [0, 0.1) is 27.7 Å². The van der Waals surface area contributed by atoms with Gasteiger partial charge in [-0.05, 0) is 56.0 Å².